The molecule has 0 atom stereocenters. The van der Waals surface area contributed by atoms with Gasteiger partial charge in [-0.1, -0.05) is 6.07 Å². The van der Waals surface area contributed by atoms with Crippen molar-refractivity contribution < 1.29 is 13.2 Å². The maximum atomic E-state index is 12.3. The van der Waals surface area contributed by atoms with Crippen LogP contribution in [0.1, 0.15) is 16.0 Å². The number of carbonyl (C=O) groups is 1. The van der Waals surface area contributed by atoms with Crippen LogP contribution in [0.3, 0.4) is 0 Å². The Hall–Kier alpha value is -1.70. The van der Waals surface area contributed by atoms with E-state index in [1.165, 1.54) is 31.5 Å². The third-order valence-corrected chi connectivity index (χ3v) is 6.28. The number of nitrogens with one attached hydrogen (secondary N) is 1. The molecule has 0 saturated carbocycles. The number of sulfonamides is 1. The second-order valence-corrected chi connectivity index (χ2v) is 8.69. The largest absolute Gasteiger partial charge is 0.325 e. The summed E-state index contributed by atoms with van der Waals surface area (Å²) < 4.78 is 25.8. The van der Waals surface area contributed by atoms with Crippen LogP contribution in [-0.2, 0) is 21.2 Å². The van der Waals surface area contributed by atoms with Crippen molar-refractivity contribution in [3.05, 3.63) is 45.6 Å². The van der Waals surface area contributed by atoms with E-state index in [-0.39, 0.29) is 17.2 Å². The summed E-state index contributed by atoms with van der Waals surface area (Å²) in [7, 11) is -0.569. The number of rotatable bonds is 5. The summed E-state index contributed by atoms with van der Waals surface area (Å²) in [6.45, 7) is 3.70. The zero-order chi connectivity index (χ0) is 17.2. The SMILES string of the molecule is Cc1cc(S(=O)(=O)N(C)C)cc(NC(=O)Cc2cccs2)c1C. The third kappa shape index (κ3) is 3.99. The van der Waals surface area contributed by atoms with Crippen molar-refractivity contribution in [2.45, 2.75) is 25.2 Å². The summed E-state index contributed by atoms with van der Waals surface area (Å²) in [4.78, 5) is 13.3. The Morgan fingerprint density at radius 3 is 2.52 bits per heavy atom. The third-order valence-electron chi connectivity index (χ3n) is 3.61. The average Bonchev–Trinajstić information content (AvgIpc) is 2.96. The summed E-state index contributed by atoms with van der Waals surface area (Å²) in [5.74, 6) is -0.158. The highest BCUT2D eigenvalue weighted by atomic mass is 32.2. The number of carbonyl (C=O) groups excluding carboxylic acids is 1. The first kappa shape index (κ1) is 17.7. The molecule has 0 aliphatic rings. The lowest BCUT2D eigenvalue weighted by molar-refractivity contribution is -0.115. The fourth-order valence-corrected chi connectivity index (χ4v) is 3.80. The van der Waals surface area contributed by atoms with Crippen LogP contribution in [0.2, 0.25) is 0 Å². The van der Waals surface area contributed by atoms with Crippen LogP contribution in [0.5, 0.6) is 0 Å². The number of aryl methyl sites for hydroxylation is 1. The second-order valence-electron chi connectivity index (χ2n) is 5.50. The first-order valence-electron chi connectivity index (χ1n) is 7.08. The van der Waals surface area contributed by atoms with Crippen LogP contribution >= 0.6 is 11.3 Å². The molecule has 2 rings (SSSR count). The normalized spacial score (nSPS) is 11.7. The van der Waals surface area contributed by atoms with Crippen LogP contribution in [0.4, 0.5) is 5.69 Å². The van der Waals surface area contributed by atoms with E-state index < -0.39 is 10.0 Å². The molecule has 0 radical (unpaired) electrons. The molecule has 0 aliphatic heterocycles. The van der Waals surface area contributed by atoms with Crippen LogP contribution < -0.4 is 5.32 Å². The monoisotopic (exact) mass is 352 g/mol. The van der Waals surface area contributed by atoms with Gasteiger partial charge in [0.2, 0.25) is 15.9 Å². The molecule has 2 aromatic rings. The van der Waals surface area contributed by atoms with E-state index in [1.807, 2.05) is 31.4 Å². The number of hydrogen-bond acceptors (Lipinski definition) is 4. The van der Waals surface area contributed by atoms with Crippen molar-refractivity contribution in [3.63, 3.8) is 0 Å². The number of thiophene rings is 1. The first-order chi connectivity index (χ1) is 10.7. The van der Waals surface area contributed by atoms with Gasteiger partial charge in [-0.15, -0.1) is 11.3 Å². The molecule has 0 aliphatic carbocycles. The highest BCUT2D eigenvalue weighted by Crippen LogP contribution is 2.25. The van der Waals surface area contributed by atoms with E-state index in [0.717, 1.165) is 20.3 Å². The molecule has 0 fully saturated rings. The van der Waals surface area contributed by atoms with Crippen LogP contribution in [0.15, 0.2) is 34.5 Å². The lowest BCUT2D eigenvalue weighted by Crippen LogP contribution is -2.23. The summed E-state index contributed by atoms with van der Waals surface area (Å²) >= 11 is 1.52. The molecule has 0 unspecified atom stereocenters. The number of amides is 1. The molecule has 1 aromatic carbocycles. The summed E-state index contributed by atoms with van der Waals surface area (Å²) in [5, 5.41) is 4.74. The smallest absolute Gasteiger partial charge is 0.242 e. The standard InChI is InChI=1S/C16H20N2O3S2/c1-11-8-14(23(20,21)18(3)4)10-15(12(11)2)17-16(19)9-13-6-5-7-22-13/h5-8,10H,9H2,1-4H3,(H,17,19). The van der Waals surface area contributed by atoms with Gasteiger partial charge < -0.3 is 5.32 Å². The van der Waals surface area contributed by atoms with Crippen LogP contribution in [0.25, 0.3) is 0 Å². The Morgan fingerprint density at radius 1 is 1.26 bits per heavy atom. The number of nitrogens with zero attached hydrogens (tertiary/aromatic N) is 1. The molecule has 0 bridgehead atoms. The molecule has 1 amide bonds. The minimum atomic E-state index is -3.54. The highest BCUT2D eigenvalue weighted by Gasteiger charge is 2.20. The Labute approximate surface area is 141 Å². The van der Waals surface area contributed by atoms with Gasteiger partial charge in [-0.05, 0) is 48.6 Å². The molecule has 1 aromatic heterocycles. The Morgan fingerprint density at radius 2 is 1.96 bits per heavy atom. The van der Waals surface area contributed by atoms with E-state index in [0.29, 0.717) is 5.69 Å². The molecule has 7 heteroatoms. The van der Waals surface area contributed by atoms with Gasteiger partial charge in [0.15, 0.2) is 0 Å². The van der Waals surface area contributed by atoms with Crippen molar-refractivity contribution in [1.82, 2.24) is 4.31 Å². The molecular weight excluding hydrogens is 332 g/mol. The lowest BCUT2D eigenvalue weighted by Gasteiger charge is -2.16. The summed E-state index contributed by atoms with van der Waals surface area (Å²) in [5.41, 5.74) is 2.22. The molecular formula is C16H20N2O3S2. The molecule has 0 spiro atoms. The predicted molar refractivity (Wildman–Crippen MR) is 93.4 cm³/mol. The fraction of sp³-hybridized carbons (Fsp3) is 0.312. The van der Waals surface area contributed by atoms with Gasteiger partial charge in [0, 0.05) is 24.7 Å². The lowest BCUT2D eigenvalue weighted by atomic mass is 10.1. The zero-order valence-corrected chi connectivity index (χ0v) is 15.2. The van der Waals surface area contributed by atoms with Gasteiger partial charge in [-0.3, -0.25) is 4.79 Å². The predicted octanol–water partition coefficient (Wildman–Crippen LogP) is 2.80. The highest BCUT2D eigenvalue weighted by molar-refractivity contribution is 7.89. The molecule has 124 valence electrons. The molecule has 0 saturated heterocycles. The number of anilines is 1. The van der Waals surface area contributed by atoms with Crippen molar-refractivity contribution in [3.8, 4) is 0 Å². The van der Waals surface area contributed by atoms with E-state index >= 15 is 0 Å². The van der Waals surface area contributed by atoms with Crippen molar-refractivity contribution in [1.29, 1.82) is 0 Å². The summed E-state index contributed by atoms with van der Waals surface area (Å²) in [6.07, 6.45) is 0.279. The van der Waals surface area contributed by atoms with Crippen molar-refractivity contribution in [2.75, 3.05) is 19.4 Å². The average molecular weight is 352 g/mol. The van der Waals surface area contributed by atoms with E-state index in [2.05, 4.69) is 5.32 Å². The minimum absolute atomic E-state index is 0.158. The topological polar surface area (TPSA) is 66.5 Å². The number of hydrogen-bond donors (Lipinski definition) is 1. The van der Waals surface area contributed by atoms with Gasteiger partial charge in [0.25, 0.3) is 0 Å². The molecule has 5 nitrogen and oxygen atoms in total. The van der Waals surface area contributed by atoms with E-state index in [1.54, 1.807) is 6.07 Å². The van der Waals surface area contributed by atoms with Crippen LogP contribution in [0, 0.1) is 13.8 Å². The Bertz CT molecular complexity index is 810. The summed E-state index contributed by atoms with van der Waals surface area (Å²) in [6, 6.07) is 6.94. The number of benzene rings is 1. The van der Waals surface area contributed by atoms with Gasteiger partial charge in [-0.25, -0.2) is 12.7 Å². The minimum Gasteiger partial charge on any atom is -0.325 e. The van der Waals surface area contributed by atoms with Crippen LogP contribution in [-0.4, -0.2) is 32.7 Å². The van der Waals surface area contributed by atoms with Gasteiger partial charge in [0.1, 0.15) is 0 Å². The first-order valence-corrected chi connectivity index (χ1v) is 9.40. The Kier molecular flexibility index (Phi) is 5.23. The van der Waals surface area contributed by atoms with E-state index in [9.17, 15) is 13.2 Å². The zero-order valence-electron chi connectivity index (χ0n) is 13.6. The van der Waals surface area contributed by atoms with Crippen molar-refractivity contribution >= 4 is 33.0 Å². The maximum absolute atomic E-state index is 12.3. The second kappa shape index (κ2) is 6.82. The quantitative estimate of drug-likeness (QED) is 0.900. The van der Waals surface area contributed by atoms with Gasteiger partial charge in [-0.2, -0.15) is 0 Å². The Balaban J connectivity index is 2.31. The fourth-order valence-electron chi connectivity index (χ4n) is 2.08. The molecule has 1 heterocycles. The molecule has 1 N–H and O–H groups in total. The van der Waals surface area contributed by atoms with Crippen molar-refractivity contribution in [2.24, 2.45) is 0 Å². The molecule has 23 heavy (non-hydrogen) atoms. The maximum Gasteiger partial charge on any atom is 0.242 e. The van der Waals surface area contributed by atoms with Gasteiger partial charge >= 0.3 is 0 Å². The van der Waals surface area contributed by atoms with E-state index in [4.69, 9.17) is 0 Å². The van der Waals surface area contributed by atoms with Gasteiger partial charge in [0.05, 0.1) is 11.3 Å².